The summed E-state index contributed by atoms with van der Waals surface area (Å²) in [5.41, 5.74) is 0. The number of rotatable bonds is 6. The zero-order valence-electron chi connectivity index (χ0n) is 16.5. The summed E-state index contributed by atoms with van der Waals surface area (Å²) in [5, 5.41) is 0. The molecule has 6 atom stereocenters. The topological polar surface area (TPSA) is 141 Å². The fourth-order valence-electron chi connectivity index (χ4n) is 2.77. The van der Waals surface area contributed by atoms with E-state index in [1.807, 2.05) is 0 Å². The summed E-state index contributed by atoms with van der Waals surface area (Å²) in [6.45, 7) is 6.99. The Morgan fingerprint density at radius 2 is 1.07 bits per heavy atom. The van der Waals surface area contributed by atoms with Crippen LogP contribution in [0.5, 0.6) is 0 Å². The van der Waals surface area contributed by atoms with Crippen LogP contribution in [0, 0.1) is 0 Å². The van der Waals surface area contributed by atoms with E-state index >= 15 is 0 Å². The van der Waals surface area contributed by atoms with Crippen LogP contribution in [-0.2, 0) is 52.4 Å². The molecule has 0 aliphatic carbocycles. The van der Waals surface area contributed by atoms with Crippen LogP contribution in [0.25, 0.3) is 0 Å². The summed E-state index contributed by atoms with van der Waals surface area (Å²) in [6, 6.07) is 0. The van der Waals surface area contributed by atoms with Crippen LogP contribution in [0.3, 0.4) is 0 Å². The average Bonchev–Trinajstić information content (AvgIpc) is 2.50. The molecule has 1 aliphatic heterocycles. The highest BCUT2D eigenvalue weighted by Crippen LogP contribution is 2.31. The first-order valence-corrected chi connectivity index (χ1v) is 8.44. The lowest BCUT2D eigenvalue weighted by atomic mass is 9.95. The van der Waals surface area contributed by atoms with Crippen molar-refractivity contribution < 1.29 is 52.4 Å². The molecule has 0 aromatic rings. The molecule has 11 heteroatoms. The Morgan fingerprint density at radius 3 is 1.50 bits per heavy atom. The lowest BCUT2D eigenvalue weighted by Gasteiger charge is -2.45. The summed E-state index contributed by atoms with van der Waals surface area (Å²) in [7, 11) is 0. The SMILES string of the molecule is CC(=O)OC1O[C@H]([C@H](C)OC(C)=O)[C@@H](OC(C)=O)[C@H](OC(C)=O)[C@@H]1OC(C)=O. The first kappa shape index (κ1) is 23.3. The van der Waals surface area contributed by atoms with Gasteiger partial charge in [0.05, 0.1) is 0 Å². The first-order chi connectivity index (χ1) is 12.9. The third-order valence-corrected chi connectivity index (χ3v) is 3.53. The number of hydrogen-bond acceptors (Lipinski definition) is 11. The molecule has 0 radical (unpaired) electrons. The van der Waals surface area contributed by atoms with Gasteiger partial charge in [0.2, 0.25) is 12.4 Å². The molecule has 0 saturated carbocycles. The van der Waals surface area contributed by atoms with Gasteiger partial charge >= 0.3 is 29.8 Å². The lowest BCUT2D eigenvalue weighted by molar-refractivity contribution is -0.307. The lowest BCUT2D eigenvalue weighted by Crippen LogP contribution is -2.64. The second kappa shape index (κ2) is 10.0. The van der Waals surface area contributed by atoms with Gasteiger partial charge in [0.15, 0.2) is 12.2 Å². The van der Waals surface area contributed by atoms with Gasteiger partial charge in [-0.15, -0.1) is 0 Å². The van der Waals surface area contributed by atoms with Crippen LogP contribution in [-0.4, -0.2) is 66.7 Å². The van der Waals surface area contributed by atoms with Gasteiger partial charge in [-0.25, -0.2) is 0 Å². The van der Waals surface area contributed by atoms with Crippen LogP contribution < -0.4 is 0 Å². The van der Waals surface area contributed by atoms with Crippen molar-refractivity contribution in [1.82, 2.24) is 0 Å². The number of hydrogen-bond donors (Lipinski definition) is 0. The highest BCUT2D eigenvalue weighted by atomic mass is 16.7. The van der Waals surface area contributed by atoms with E-state index in [-0.39, 0.29) is 0 Å². The highest BCUT2D eigenvalue weighted by Gasteiger charge is 2.55. The van der Waals surface area contributed by atoms with E-state index in [0.29, 0.717) is 0 Å². The van der Waals surface area contributed by atoms with E-state index in [2.05, 4.69) is 0 Å². The van der Waals surface area contributed by atoms with Crippen molar-refractivity contribution in [3.05, 3.63) is 0 Å². The quantitative estimate of drug-likeness (QED) is 0.437. The van der Waals surface area contributed by atoms with Crippen molar-refractivity contribution in [3.8, 4) is 0 Å². The maximum atomic E-state index is 11.6. The number of carbonyl (C=O) groups excluding carboxylic acids is 5. The van der Waals surface area contributed by atoms with Crippen LogP contribution in [0.4, 0.5) is 0 Å². The van der Waals surface area contributed by atoms with Crippen LogP contribution in [0.1, 0.15) is 41.5 Å². The third kappa shape index (κ3) is 6.80. The molecular weight excluding hydrogens is 380 g/mol. The monoisotopic (exact) mass is 404 g/mol. The molecule has 0 amide bonds. The van der Waals surface area contributed by atoms with Crippen LogP contribution >= 0.6 is 0 Å². The van der Waals surface area contributed by atoms with Gasteiger partial charge in [0.25, 0.3) is 0 Å². The predicted octanol–water partition coefficient (Wildman–Crippen LogP) is 0.0211. The zero-order chi connectivity index (χ0) is 21.6. The Kier molecular flexibility index (Phi) is 8.35. The molecule has 1 fully saturated rings. The largest absolute Gasteiger partial charge is 0.460 e. The standard InChI is InChI=1S/C17H24O11/c1-7(23-8(2)18)13-14(24-9(3)19)15(25-10(4)20)16(26-11(5)21)17(28-13)27-12(6)22/h7,13-17H,1-6H3/t7-,13+,14+,15-,16-,17?/m0/s1. The summed E-state index contributed by atoms with van der Waals surface area (Å²) in [5.74, 6) is -3.72. The Hall–Kier alpha value is -2.69. The summed E-state index contributed by atoms with van der Waals surface area (Å²) >= 11 is 0. The number of ether oxygens (including phenoxy) is 6. The summed E-state index contributed by atoms with van der Waals surface area (Å²) < 4.78 is 31.3. The molecule has 1 aliphatic rings. The maximum Gasteiger partial charge on any atom is 0.305 e. The van der Waals surface area contributed by atoms with Crippen molar-refractivity contribution in [3.63, 3.8) is 0 Å². The van der Waals surface area contributed by atoms with Crippen molar-refractivity contribution >= 4 is 29.8 Å². The van der Waals surface area contributed by atoms with E-state index < -0.39 is 66.7 Å². The molecule has 28 heavy (non-hydrogen) atoms. The molecule has 1 saturated heterocycles. The molecule has 0 aromatic heterocycles. The van der Waals surface area contributed by atoms with Gasteiger partial charge in [-0.1, -0.05) is 0 Å². The molecule has 0 N–H and O–H groups in total. The molecule has 0 bridgehead atoms. The minimum atomic E-state index is -1.50. The van der Waals surface area contributed by atoms with Crippen molar-refractivity contribution in [2.75, 3.05) is 0 Å². The average molecular weight is 404 g/mol. The molecular formula is C17H24O11. The molecule has 11 nitrogen and oxygen atoms in total. The Bertz CT molecular complexity index is 629. The number of carbonyl (C=O) groups is 5. The van der Waals surface area contributed by atoms with Crippen LogP contribution in [0.15, 0.2) is 0 Å². The van der Waals surface area contributed by atoms with E-state index in [4.69, 9.17) is 28.4 Å². The highest BCUT2D eigenvalue weighted by molar-refractivity contribution is 5.69. The van der Waals surface area contributed by atoms with E-state index in [1.54, 1.807) is 0 Å². The molecule has 1 unspecified atom stereocenters. The van der Waals surface area contributed by atoms with Gasteiger partial charge in [-0.05, 0) is 6.92 Å². The summed E-state index contributed by atoms with van der Waals surface area (Å²) in [4.78, 5) is 57.5. The maximum absolute atomic E-state index is 11.6. The second-order valence-corrected chi connectivity index (χ2v) is 6.12. The fraction of sp³-hybridized carbons (Fsp3) is 0.706. The molecule has 1 heterocycles. The van der Waals surface area contributed by atoms with Crippen LogP contribution in [0.2, 0.25) is 0 Å². The van der Waals surface area contributed by atoms with E-state index in [0.717, 1.165) is 34.6 Å². The van der Waals surface area contributed by atoms with Crippen molar-refractivity contribution in [2.45, 2.75) is 78.4 Å². The van der Waals surface area contributed by atoms with E-state index in [9.17, 15) is 24.0 Å². The molecule has 0 aromatic carbocycles. The van der Waals surface area contributed by atoms with Gasteiger partial charge in [0, 0.05) is 34.6 Å². The minimum Gasteiger partial charge on any atom is -0.460 e. The first-order valence-electron chi connectivity index (χ1n) is 8.44. The number of esters is 5. The minimum absolute atomic E-state index is 0.646. The zero-order valence-corrected chi connectivity index (χ0v) is 16.5. The van der Waals surface area contributed by atoms with Gasteiger partial charge in [-0.2, -0.15) is 0 Å². The molecule has 158 valence electrons. The Morgan fingerprint density at radius 1 is 0.643 bits per heavy atom. The predicted molar refractivity (Wildman–Crippen MR) is 88.3 cm³/mol. The Labute approximate surface area is 161 Å². The smallest absolute Gasteiger partial charge is 0.305 e. The molecule has 1 rings (SSSR count). The Balaban J connectivity index is 3.39. The van der Waals surface area contributed by atoms with Crippen molar-refractivity contribution in [2.24, 2.45) is 0 Å². The molecule has 0 spiro atoms. The van der Waals surface area contributed by atoms with E-state index in [1.165, 1.54) is 6.92 Å². The van der Waals surface area contributed by atoms with Crippen molar-refractivity contribution in [1.29, 1.82) is 0 Å². The second-order valence-electron chi connectivity index (χ2n) is 6.12. The third-order valence-electron chi connectivity index (χ3n) is 3.53. The normalized spacial score (nSPS) is 27.7. The van der Waals surface area contributed by atoms with Gasteiger partial charge < -0.3 is 28.4 Å². The fourth-order valence-corrected chi connectivity index (χ4v) is 2.77. The van der Waals surface area contributed by atoms with Gasteiger partial charge in [-0.3, -0.25) is 24.0 Å². The summed E-state index contributed by atoms with van der Waals surface area (Å²) in [6.07, 6.45) is -7.79. The van der Waals surface area contributed by atoms with Gasteiger partial charge in [0.1, 0.15) is 12.2 Å².